The highest BCUT2D eigenvalue weighted by molar-refractivity contribution is 5.35. The van der Waals surface area contributed by atoms with Crippen LogP contribution in [-0.4, -0.2) is 37.7 Å². The van der Waals surface area contributed by atoms with Crippen LogP contribution in [0.25, 0.3) is 0 Å². The number of nitrogens with one attached hydrogen (secondary N) is 1. The molecular formula is C16H26N2O. The van der Waals surface area contributed by atoms with E-state index in [0.717, 1.165) is 25.4 Å². The van der Waals surface area contributed by atoms with Crippen LogP contribution < -0.4 is 10.1 Å². The first kappa shape index (κ1) is 14.4. The number of hydrogen-bond acceptors (Lipinski definition) is 3. The van der Waals surface area contributed by atoms with Crippen molar-refractivity contribution in [3.8, 4) is 5.75 Å². The standard InChI is InChI=1S/C16H26N2O/c1-3-17-14(2)15-8-4-5-9-16(15)19-13-12-18-10-6-7-11-18/h4-5,8-9,14,17H,3,6-7,10-13H2,1-2H3. The lowest BCUT2D eigenvalue weighted by atomic mass is 10.1. The van der Waals surface area contributed by atoms with Gasteiger partial charge in [-0.3, -0.25) is 4.90 Å². The molecule has 0 aliphatic carbocycles. The Labute approximate surface area is 116 Å². The minimum atomic E-state index is 0.341. The molecule has 0 spiro atoms. The van der Waals surface area contributed by atoms with Gasteiger partial charge in [0.1, 0.15) is 12.4 Å². The van der Waals surface area contributed by atoms with Crippen LogP contribution in [0, 0.1) is 0 Å². The molecule has 1 aromatic carbocycles. The van der Waals surface area contributed by atoms with Crippen molar-refractivity contribution in [2.75, 3.05) is 32.8 Å². The molecule has 0 aromatic heterocycles. The van der Waals surface area contributed by atoms with E-state index in [9.17, 15) is 0 Å². The summed E-state index contributed by atoms with van der Waals surface area (Å²) in [5, 5.41) is 3.44. The molecule has 0 radical (unpaired) electrons. The second kappa shape index (κ2) is 7.51. The highest BCUT2D eigenvalue weighted by Gasteiger charge is 2.13. The molecule has 1 unspecified atom stereocenters. The van der Waals surface area contributed by atoms with Gasteiger partial charge < -0.3 is 10.1 Å². The Bertz CT molecular complexity index is 375. The summed E-state index contributed by atoms with van der Waals surface area (Å²) in [4.78, 5) is 2.48. The van der Waals surface area contributed by atoms with Crippen LogP contribution in [0.1, 0.15) is 38.3 Å². The van der Waals surface area contributed by atoms with E-state index in [1.165, 1.54) is 31.5 Å². The average Bonchev–Trinajstić information content (AvgIpc) is 2.93. The van der Waals surface area contributed by atoms with Crippen molar-refractivity contribution >= 4 is 0 Å². The van der Waals surface area contributed by atoms with Crippen LogP contribution in [-0.2, 0) is 0 Å². The predicted molar refractivity (Wildman–Crippen MR) is 79.7 cm³/mol. The molecule has 1 aliphatic rings. The molecule has 1 saturated heterocycles. The topological polar surface area (TPSA) is 24.5 Å². The Hall–Kier alpha value is -1.06. The van der Waals surface area contributed by atoms with Crippen molar-refractivity contribution in [3.63, 3.8) is 0 Å². The Morgan fingerprint density at radius 3 is 2.74 bits per heavy atom. The van der Waals surface area contributed by atoms with E-state index in [1.54, 1.807) is 0 Å². The summed E-state index contributed by atoms with van der Waals surface area (Å²) in [7, 11) is 0. The molecule has 3 heteroatoms. The molecule has 1 aliphatic heterocycles. The zero-order chi connectivity index (χ0) is 13.5. The maximum atomic E-state index is 5.98. The van der Waals surface area contributed by atoms with Gasteiger partial charge in [0.25, 0.3) is 0 Å². The Balaban J connectivity index is 1.87. The highest BCUT2D eigenvalue weighted by atomic mass is 16.5. The molecule has 1 aromatic rings. The van der Waals surface area contributed by atoms with Gasteiger partial charge >= 0.3 is 0 Å². The van der Waals surface area contributed by atoms with Gasteiger partial charge in [-0.2, -0.15) is 0 Å². The summed E-state index contributed by atoms with van der Waals surface area (Å²) < 4.78 is 5.98. The monoisotopic (exact) mass is 262 g/mol. The largest absolute Gasteiger partial charge is 0.492 e. The second-order valence-corrected chi connectivity index (χ2v) is 5.21. The molecule has 1 N–H and O–H groups in total. The third kappa shape index (κ3) is 4.22. The molecule has 3 nitrogen and oxygen atoms in total. The molecule has 0 bridgehead atoms. The van der Waals surface area contributed by atoms with E-state index >= 15 is 0 Å². The Morgan fingerprint density at radius 2 is 2.00 bits per heavy atom. The first-order chi connectivity index (χ1) is 9.31. The van der Waals surface area contributed by atoms with E-state index in [0.29, 0.717) is 6.04 Å². The van der Waals surface area contributed by atoms with Crippen LogP contribution in [0.2, 0.25) is 0 Å². The zero-order valence-electron chi connectivity index (χ0n) is 12.2. The maximum absolute atomic E-state index is 5.98. The first-order valence-corrected chi connectivity index (χ1v) is 7.48. The summed E-state index contributed by atoms with van der Waals surface area (Å²) >= 11 is 0. The van der Waals surface area contributed by atoms with Crippen molar-refractivity contribution < 1.29 is 4.74 Å². The number of rotatable bonds is 7. The third-order valence-corrected chi connectivity index (χ3v) is 3.76. The minimum Gasteiger partial charge on any atom is -0.492 e. The van der Waals surface area contributed by atoms with Gasteiger partial charge in [-0.15, -0.1) is 0 Å². The van der Waals surface area contributed by atoms with E-state index in [1.807, 2.05) is 6.07 Å². The van der Waals surface area contributed by atoms with E-state index < -0.39 is 0 Å². The highest BCUT2D eigenvalue weighted by Crippen LogP contribution is 2.24. The van der Waals surface area contributed by atoms with Gasteiger partial charge in [0, 0.05) is 18.2 Å². The van der Waals surface area contributed by atoms with Crippen LogP contribution in [0.3, 0.4) is 0 Å². The first-order valence-electron chi connectivity index (χ1n) is 7.48. The summed E-state index contributed by atoms with van der Waals surface area (Å²) in [6.07, 6.45) is 2.68. The Morgan fingerprint density at radius 1 is 1.26 bits per heavy atom. The lowest BCUT2D eigenvalue weighted by molar-refractivity contribution is 0.235. The number of benzene rings is 1. The Kier molecular flexibility index (Phi) is 5.67. The lowest BCUT2D eigenvalue weighted by Crippen LogP contribution is -2.25. The number of nitrogens with zero attached hydrogens (tertiary/aromatic N) is 1. The molecule has 19 heavy (non-hydrogen) atoms. The number of para-hydroxylation sites is 1. The maximum Gasteiger partial charge on any atom is 0.124 e. The molecule has 2 rings (SSSR count). The lowest BCUT2D eigenvalue weighted by Gasteiger charge is -2.19. The fourth-order valence-corrected chi connectivity index (χ4v) is 2.68. The molecule has 1 atom stereocenters. The summed E-state index contributed by atoms with van der Waals surface area (Å²) in [5.41, 5.74) is 1.26. The molecule has 1 heterocycles. The number of likely N-dealkylation sites (tertiary alicyclic amines) is 1. The van der Waals surface area contributed by atoms with Crippen molar-refractivity contribution in [2.45, 2.75) is 32.7 Å². The molecule has 0 saturated carbocycles. The van der Waals surface area contributed by atoms with Crippen molar-refractivity contribution in [3.05, 3.63) is 29.8 Å². The number of ether oxygens (including phenoxy) is 1. The van der Waals surface area contributed by atoms with Crippen molar-refractivity contribution in [1.29, 1.82) is 0 Å². The third-order valence-electron chi connectivity index (χ3n) is 3.76. The van der Waals surface area contributed by atoms with Gasteiger partial charge in [0.2, 0.25) is 0 Å². The van der Waals surface area contributed by atoms with Gasteiger partial charge in [0.15, 0.2) is 0 Å². The zero-order valence-corrected chi connectivity index (χ0v) is 12.2. The number of hydrogen-bond donors (Lipinski definition) is 1. The fraction of sp³-hybridized carbons (Fsp3) is 0.625. The van der Waals surface area contributed by atoms with Crippen molar-refractivity contribution in [2.24, 2.45) is 0 Å². The molecular weight excluding hydrogens is 236 g/mol. The summed E-state index contributed by atoms with van der Waals surface area (Å²) in [6, 6.07) is 8.70. The molecule has 0 amide bonds. The molecule has 1 fully saturated rings. The van der Waals surface area contributed by atoms with Crippen molar-refractivity contribution in [1.82, 2.24) is 10.2 Å². The van der Waals surface area contributed by atoms with E-state index in [4.69, 9.17) is 4.74 Å². The SMILES string of the molecule is CCNC(C)c1ccccc1OCCN1CCCC1. The van der Waals surface area contributed by atoms with Crippen LogP contribution >= 0.6 is 0 Å². The predicted octanol–water partition coefficient (Wildman–Crippen LogP) is 2.83. The van der Waals surface area contributed by atoms with Crippen LogP contribution in [0.4, 0.5) is 0 Å². The summed E-state index contributed by atoms with van der Waals surface area (Å²) in [6.45, 7) is 9.60. The smallest absolute Gasteiger partial charge is 0.124 e. The van der Waals surface area contributed by atoms with Gasteiger partial charge in [0.05, 0.1) is 0 Å². The van der Waals surface area contributed by atoms with E-state index in [2.05, 4.69) is 42.3 Å². The average molecular weight is 262 g/mol. The quantitative estimate of drug-likeness (QED) is 0.818. The molecule has 106 valence electrons. The normalized spacial score (nSPS) is 17.6. The van der Waals surface area contributed by atoms with E-state index in [-0.39, 0.29) is 0 Å². The van der Waals surface area contributed by atoms with Gasteiger partial charge in [-0.25, -0.2) is 0 Å². The van der Waals surface area contributed by atoms with Gasteiger partial charge in [-0.05, 0) is 45.5 Å². The minimum absolute atomic E-state index is 0.341. The summed E-state index contributed by atoms with van der Waals surface area (Å²) in [5.74, 6) is 1.02. The van der Waals surface area contributed by atoms with Crippen LogP contribution in [0.15, 0.2) is 24.3 Å². The van der Waals surface area contributed by atoms with Gasteiger partial charge in [-0.1, -0.05) is 25.1 Å². The van der Waals surface area contributed by atoms with Crippen LogP contribution in [0.5, 0.6) is 5.75 Å². The fourth-order valence-electron chi connectivity index (χ4n) is 2.68. The second-order valence-electron chi connectivity index (χ2n) is 5.21.